The Morgan fingerprint density at radius 2 is 1.85 bits per heavy atom. The largest absolute Gasteiger partial charge is 0.337 e. The Morgan fingerprint density at radius 1 is 1.19 bits per heavy atom. The molecule has 0 atom stereocenters. The average molecular weight is 368 g/mol. The zero-order chi connectivity index (χ0) is 19.7. The second-order valence-corrected chi connectivity index (χ2v) is 7.46. The minimum absolute atomic E-state index is 0.100. The fourth-order valence-electron chi connectivity index (χ4n) is 3.03. The van der Waals surface area contributed by atoms with E-state index in [9.17, 15) is 9.18 Å². The molecule has 0 N–H and O–H groups in total. The average Bonchev–Trinajstić information content (AvgIpc) is 3.06. The smallest absolute Gasteiger partial charge is 0.254 e. The van der Waals surface area contributed by atoms with Gasteiger partial charge in [0.1, 0.15) is 5.82 Å². The molecule has 3 aromatic rings. The minimum Gasteiger partial charge on any atom is -0.337 e. The van der Waals surface area contributed by atoms with Crippen molar-refractivity contribution in [2.24, 2.45) is 0 Å². The second-order valence-electron chi connectivity index (χ2n) is 7.46. The lowest BCUT2D eigenvalue weighted by atomic mass is 10.0. The van der Waals surface area contributed by atoms with Gasteiger partial charge in [-0.25, -0.2) is 14.1 Å². The quantitative estimate of drug-likeness (QED) is 0.664. The first-order chi connectivity index (χ1) is 12.8. The summed E-state index contributed by atoms with van der Waals surface area (Å²) in [6, 6.07) is 8.21. The number of halogens is 1. The van der Waals surface area contributed by atoms with Gasteiger partial charge >= 0.3 is 0 Å². The van der Waals surface area contributed by atoms with Crippen LogP contribution < -0.4 is 0 Å². The van der Waals surface area contributed by atoms with Gasteiger partial charge in [0.15, 0.2) is 5.65 Å². The van der Waals surface area contributed by atoms with E-state index in [1.807, 2.05) is 24.6 Å². The highest BCUT2D eigenvalue weighted by Gasteiger charge is 2.21. The van der Waals surface area contributed by atoms with Crippen molar-refractivity contribution in [2.75, 3.05) is 7.05 Å². The van der Waals surface area contributed by atoms with E-state index in [-0.39, 0.29) is 23.7 Å². The monoisotopic (exact) mass is 368 g/mol. The summed E-state index contributed by atoms with van der Waals surface area (Å²) in [4.78, 5) is 19.5. The van der Waals surface area contributed by atoms with E-state index in [0.717, 1.165) is 22.3 Å². The number of hydrogen-bond donors (Lipinski definition) is 0. The minimum atomic E-state index is -0.286. The van der Waals surface area contributed by atoms with Crippen LogP contribution in [0.1, 0.15) is 61.3 Å². The van der Waals surface area contributed by atoms with Crippen LogP contribution in [0.2, 0.25) is 0 Å². The Balaban J connectivity index is 2.00. The van der Waals surface area contributed by atoms with E-state index >= 15 is 0 Å². The van der Waals surface area contributed by atoms with Crippen LogP contribution in [0.15, 0.2) is 36.5 Å². The van der Waals surface area contributed by atoms with Gasteiger partial charge in [0.05, 0.1) is 17.1 Å². The highest BCUT2D eigenvalue weighted by Crippen LogP contribution is 2.25. The summed E-state index contributed by atoms with van der Waals surface area (Å²) in [7, 11) is 1.75. The van der Waals surface area contributed by atoms with E-state index in [2.05, 4.69) is 18.9 Å². The predicted octanol–water partition coefficient (Wildman–Crippen LogP) is 4.55. The van der Waals surface area contributed by atoms with Gasteiger partial charge in [0, 0.05) is 25.3 Å². The van der Waals surface area contributed by atoms with Gasteiger partial charge in [0.25, 0.3) is 5.91 Å². The number of nitrogens with zero attached hydrogens (tertiary/aromatic N) is 4. The molecule has 2 aromatic heterocycles. The predicted molar refractivity (Wildman–Crippen MR) is 104 cm³/mol. The topological polar surface area (TPSA) is 51.0 Å². The van der Waals surface area contributed by atoms with Crippen molar-refractivity contribution >= 4 is 16.9 Å². The number of rotatable bonds is 5. The van der Waals surface area contributed by atoms with Gasteiger partial charge < -0.3 is 4.90 Å². The third-order valence-corrected chi connectivity index (χ3v) is 4.58. The summed E-state index contributed by atoms with van der Waals surface area (Å²) < 4.78 is 15.0. The molecule has 1 aromatic carbocycles. The van der Waals surface area contributed by atoms with Gasteiger partial charge in [0.2, 0.25) is 0 Å². The van der Waals surface area contributed by atoms with E-state index in [1.54, 1.807) is 30.3 Å². The van der Waals surface area contributed by atoms with Gasteiger partial charge in [-0.2, -0.15) is 5.10 Å². The molecule has 0 spiro atoms. The van der Waals surface area contributed by atoms with E-state index in [1.165, 1.54) is 12.1 Å². The molecule has 0 aliphatic rings. The van der Waals surface area contributed by atoms with Crippen LogP contribution in [0, 0.1) is 5.82 Å². The maximum Gasteiger partial charge on any atom is 0.254 e. The normalized spacial score (nSPS) is 11.6. The van der Waals surface area contributed by atoms with Gasteiger partial charge in [-0.05, 0) is 43.5 Å². The Hall–Kier alpha value is -2.76. The van der Waals surface area contributed by atoms with Gasteiger partial charge in [-0.1, -0.05) is 26.0 Å². The molecule has 5 nitrogen and oxygen atoms in total. The number of aromatic nitrogens is 3. The molecule has 6 heteroatoms. The summed E-state index contributed by atoms with van der Waals surface area (Å²) in [5.41, 5.74) is 3.07. The van der Waals surface area contributed by atoms with Crippen molar-refractivity contribution in [1.29, 1.82) is 0 Å². The summed E-state index contributed by atoms with van der Waals surface area (Å²) in [5.74, 6) is -0.193. The molecular formula is C21H25FN4O. The molecule has 0 saturated carbocycles. The highest BCUT2D eigenvalue weighted by molar-refractivity contribution is 6.05. The van der Waals surface area contributed by atoms with Crippen molar-refractivity contribution < 1.29 is 9.18 Å². The van der Waals surface area contributed by atoms with Crippen molar-refractivity contribution in [3.05, 3.63) is 59.2 Å². The molecule has 27 heavy (non-hydrogen) atoms. The lowest BCUT2D eigenvalue weighted by Gasteiger charge is -2.19. The SMILES string of the molecule is CC(C)c1cc(C(=O)N(C)Cc2ccc(F)cc2)c2cnn(C(C)C)c2n1. The first-order valence-corrected chi connectivity index (χ1v) is 9.16. The fourth-order valence-corrected chi connectivity index (χ4v) is 3.03. The lowest BCUT2D eigenvalue weighted by Crippen LogP contribution is -2.26. The van der Waals surface area contributed by atoms with E-state index < -0.39 is 0 Å². The number of benzene rings is 1. The number of fused-ring (bicyclic) bond motifs is 1. The second kappa shape index (κ2) is 7.47. The third-order valence-electron chi connectivity index (χ3n) is 4.58. The molecule has 0 aliphatic carbocycles. The number of carbonyl (C=O) groups is 1. The Bertz CT molecular complexity index is 960. The zero-order valence-electron chi connectivity index (χ0n) is 16.4. The Kier molecular flexibility index (Phi) is 5.26. The van der Waals surface area contributed by atoms with Crippen LogP contribution >= 0.6 is 0 Å². The molecule has 3 rings (SSSR count). The summed E-state index contributed by atoms with van der Waals surface area (Å²) >= 11 is 0. The van der Waals surface area contributed by atoms with Crippen molar-refractivity contribution in [1.82, 2.24) is 19.7 Å². The maximum atomic E-state index is 13.2. The van der Waals surface area contributed by atoms with Crippen LogP contribution in [0.25, 0.3) is 11.0 Å². The standard InChI is InChI=1S/C21H25FN4O/c1-13(2)19-10-17(18-11-23-26(14(3)4)20(18)24-19)21(27)25(5)12-15-6-8-16(22)9-7-15/h6-11,13-14H,12H2,1-5H3. The maximum absolute atomic E-state index is 13.2. The van der Waals surface area contributed by atoms with Crippen molar-refractivity contribution in [2.45, 2.75) is 46.2 Å². The molecule has 0 fully saturated rings. The first kappa shape index (κ1) is 19.0. The fraction of sp³-hybridized carbons (Fsp3) is 0.381. The number of carbonyl (C=O) groups excluding carboxylic acids is 1. The van der Waals surface area contributed by atoms with E-state index in [0.29, 0.717) is 12.1 Å². The lowest BCUT2D eigenvalue weighted by molar-refractivity contribution is 0.0787. The van der Waals surface area contributed by atoms with Crippen LogP contribution in [0.4, 0.5) is 4.39 Å². The summed E-state index contributed by atoms with van der Waals surface area (Å²) in [5, 5.41) is 5.19. The first-order valence-electron chi connectivity index (χ1n) is 9.16. The Labute approximate surface area is 158 Å². The van der Waals surface area contributed by atoms with Crippen LogP contribution in [0.3, 0.4) is 0 Å². The number of amides is 1. The molecule has 2 heterocycles. The molecule has 0 bridgehead atoms. The molecule has 0 radical (unpaired) electrons. The zero-order valence-corrected chi connectivity index (χ0v) is 16.4. The Morgan fingerprint density at radius 3 is 2.44 bits per heavy atom. The van der Waals surface area contributed by atoms with E-state index in [4.69, 9.17) is 4.98 Å². The molecule has 1 amide bonds. The van der Waals surface area contributed by atoms with Crippen molar-refractivity contribution in [3.8, 4) is 0 Å². The van der Waals surface area contributed by atoms with Crippen LogP contribution in [-0.2, 0) is 6.54 Å². The summed E-state index contributed by atoms with van der Waals surface area (Å²) in [6.45, 7) is 8.59. The molecule has 142 valence electrons. The highest BCUT2D eigenvalue weighted by atomic mass is 19.1. The number of pyridine rings is 1. The third kappa shape index (κ3) is 3.84. The van der Waals surface area contributed by atoms with Crippen molar-refractivity contribution in [3.63, 3.8) is 0 Å². The van der Waals surface area contributed by atoms with Gasteiger partial charge in [-0.15, -0.1) is 0 Å². The molecular weight excluding hydrogens is 343 g/mol. The summed E-state index contributed by atoms with van der Waals surface area (Å²) in [6.07, 6.45) is 1.71. The van der Waals surface area contributed by atoms with Crippen LogP contribution in [-0.4, -0.2) is 32.6 Å². The number of hydrogen-bond acceptors (Lipinski definition) is 3. The molecule has 0 unspecified atom stereocenters. The molecule has 0 aliphatic heterocycles. The molecule has 0 saturated heterocycles. The van der Waals surface area contributed by atoms with Crippen LogP contribution in [0.5, 0.6) is 0 Å². The van der Waals surface area contributed by atoms with Gasteiger partial charge in [-0.3, -0.25) is 4.79 Å².